The summed E-state index contributed by atoms with van der Waals surface area (Å²) in [5.74, 6) is 0.267. The summed E-state index contributed by atoms with van der Waals surface area (Å²) in [4.78, 5) is 17.8. The predicted molar refractivity (Wildman–Crippen MR) is 90.2 cm³/mol. The fourth-order valence-corrected chi connectivity index (χ4v) is 3.51. The minimum atomic E-state index is -0.284. The molecule has 2 heterocycles. The van der Waals surface area contributed by atoms with Crippen LogP contribution in [0.2, 0.25) is 0 Å². The molecule has 0 bridgehead atoms. The van der Waals surface area contributed by atoms with Gasteiger partial charge in [-0.05, 0) is 69.5 Å². The van der Waals surface area contributed by atoms with Gasteiger partial charge in [0.1, 0.15) is 11.5 Å². The highest BCUT2D eigenvalue weighted by atomic mass is 19.1. The topological polar surface area (TPSA) is 48.1 Å². The van der Waals surface area contributed by atoms with Crippen molar-refractivity contribution in [2.45, 2.75) is 26.2 Å². The maximum Gasteiger partial charge on any atom is 0.268 e. The molecule has 1 amide bonds. The molecule has 2 N–H and O–H groups in total. The first-order valence-electron chi connectivity index (χ1n) is 8.29. The molecule has 1 atom stereocenters. The zero-order valence-electron chi connectivity index (χ0n) is 13.8. The van der Waals surface area contributed by atoms with E-state index >= 15 is 0 Å². The number of carbonyl (C=O) groups excluding carboxylic acids is 1. The molecule has 1 aliphatic heterocycles. The SMILES string of the molecule is Cc1c(C(=O)NCCC2CCCN(C)C2)[nH]c2ccc(F)cc12. The number of hydrogen-bond acceptors (Lipinski definition) is 2. The third kappa shape index (κ3) is 3.55. The molecule has 4 nitrogen and oxygen atoms in total. The van der Waals surface area contributed by atoms with E-state index in [1.165, 1.54) is 31.5 Å². The smallest absolute Gasteiger partial charge is 0.268 e. The van der Waals surface area contributed by atoms with Crippen LogP contribution < -0.4 is 5.32 Å². The Morgan fingerprint density at radius 2 is 2.30 bits per heavy atom. The summed E-state index contributed by atoms with van der Waals surface area (Å²) in [7, 11) is 2.15. The van der Waals surface area contributed by atoms with Crippen molar-refractivity contribution in [1.29, 1.82) is 0 Å². The van der Waals surface area contributed by atoms with Gasteiger partial charge < -0.3 is 15.2 Å². The second-order valence-electron chi connectivity index (χ2n) is 6.63. The number of carbonyl (C=O) groups is 1. The summed E-state index contributed by atoms with van der Waals surface area (Å²) in [5.41, 5.74) is 2.13. The first kappa shape index (κ1) is 16.0. The van der Waals surface area contributed by atoms with Gasteiger partial charge in [0.05, 0.1) is 0 Å². The monoisotopic (exact) mass is 317 g/mol. The van der Waals surface area contributed by atoms with Crippen LogP contribution >= 0.6 is 0 Å². The van der Waals surface area contributed by atoms with Crippen LogP contribution in [0.5, 0.6) is 0 Å². The van der Waals surface area contributed by atoms with Crippen LogP contribution in [0.15, 0.2) is 18.2 Å². The number of halogens is 1. The van der Waals surface area contributed by atoms with Gasteiger partial charge in [-0.2, -0.15) is 0 Å². The van der Waals surface area contributed by atoms with E-state index in [2.05, 4.69) is 22.2 Å². The highest BCUT2D eigenvalue weighted by molar-refractivity contribution is 6.00. The van der Waals surface area contributed by atoms with E-state index < -0.39 is 0 Å². The van der Waals surface area contributed by atoms with Gasteiger partial charge in [-0.1, -0.05) is 0 Å². The van der Waals surface area contributed by atoms with E-state index in [9.17, 15) is 9.18 Å². The maximum atomic E-state index is 13.3. The third-order valence-electron chi connectivity index (χ3n) is 4.81. The van der Waals surface area contributed by atoms with E-state index in [-0.39, 0.29) is 11.7 Å². The standard InChI is InChI=1S/C18H24FN3O/c1-12-15-10-14(19)5-6-16(15)21-17(12)18(23)20-8-7-13-4-3-9-22(2)11-13/h5-6,10,13,21H,3-4,7-9,11H2,1-2H3,(H,20,23). The van der Waals surface area contributed by atoms with Crippen molar-refractivity contribution in [1.82, 2.24) is 15.2 Å². The lowest BCUT2D eigenvalue weighted by atomic mass is 9.95. The normalized spacial score (nSPS) is 19.2. The van der Waals surface area contributed by atoms with E-state index in [1.54, 1.807) is 6.07 Å². The molecule has 0 radical (unpaired) electrons. The highest BCUT2D eigenvalue weighted by Crippen LogP contribution is 2.23. The first-order valence-corrected chi connectivity index (χ1v) is 8.29. The number of nitrogens with one attached hydrogen (secondary N) is 2. The summed E-state index contributed by atoms with van der Waals surface area (Å²) in [6, 6.07) is 4.54. The Morgan fingerprint density at radius 3 is 3.09 bits per heavy atom. The van der Waals surface area contributed by atoms with Crippen LogP contribution in [0.4, 0.5) is 4.39 Å². The van der Waals surface area contributed by atoms with E-state index in [4.69, 9.17) is 0 Å². The number of amides is 1. The fraction of sp³-hybridized carbons (Fsp3) is 0.500. The Morgan fingerprint density at radius 1 is 1.48 bits per heavy atom. The molecule has 1 fully saturated rings. The molecule has 2 aromatic rings. The van der Waals surface area contributed by atoms with Crippen molar-refractivity contribution in [3.05, 3.63) is 35.3 Å². The highest BCUT2D eigenvalue weighted by Gasteiger charge is 2.18. The lowest BCUT2D eigenvalue weighted by molar-refractivity contribution is 0.0943. The van der Waals surface area contributed by atoms with E-state index in [0.717, 1.165) is 29.4 Å². The van der Waals surface area contributed by atoms with Crippen molar-refractivity contribution in [3.63, 3.8) is 0 Å². The molecule has 1 aromatic carbocycles. The first-order chi connectivity index (χ1) is 11.0. The van der Waals surface area contributed by atoms with Crippen LogP contribution in [-0.4, -0.2) is 42.5 Å². The number of fused-ring (bicyclic) bond motifs is 1. The average Bonchev–Trinajstić information content (AvgIpc) is 2.84. The zero-order chi connectivity index (χ0) is 16.4. The molecule has 1 unspecified atom stereocenters. The van der Waals surface area contributed by atoms with E-state index in [0.29, 0.717) is 18.2 Å². The lowest BCUT2D eigenvalue weighted by Gasteiger charge is -2.29. The summed E-state index contributed by atoms with van der Waals surface area (Å²) < 4.78 is 13.3. The van der Waals surface area contributed by atoms with Crippen LogP contribution in [0.3, 0.4) is 0 Å². The number of piperidine rings is 1. The molecule has 0 spiro atoms. The molecule has 0 saturated carbocycles. The third-order valence-corrected chi connectivity index (χ3v) is 4.81. The Kier molecular flexibility index (Phi) is 4.66. The summed E-state index contributed by atoms with van der Waals surface area (Å²) in [5, 5.41) is 3.76. The van der Waals surface area contributed by atoms with Gasteiger partial charge in [-0.15, -0.1) is 0 Å². The minimum Gasteiger partial charge on any atom is -0.351 e. The largest absolute Gasteiger partial charge is 0.351 e. The van der Waals surface area contributed by atoms with Crippen molar-refractivity contribution >= 4 is 16.8 Å². The molecule has 5 heteroatoms. The van der Waals surface area contributed by atoms with E-state index in [1.807, 2.05) is 6.92 Å². The van der Waals surface area contributed by atoms with Gasteiger partial charge in [-0.3, -0.25) is 4.79 Å². The fourth-order valence-electron chi connectivity index (χ4n) is 3.51. The summed E-state index contributed by atoms with van der Waals surface area (Å²) >= 11 is 0. The molecule has 1 aromatic heterocycles. The van der Waals surface area contributed by atoms with Crippen LogP contribution in [0.1, 0.15) is 35.3 Å². The lowest BCUT2D eigenvalue weighted by Crippen LogP contribution is -2.34. The minimum absolute atomic E-state index is 0.108. The molecular formula is C18H24FN3O. The number of rotatable bonds is 4. The van der Waals surface area contributed by atoms with Gasteiger partial charge >= 0.3 is 0 Å². The number of nitrogens with zero attached hydrogens (tertiary/aromatic N) is 1. The second kappa shape index (κ2) is 6.71. The van der Waals surface area contributed by atoms with Crippen LogP contribution in [0.25, 0.3) is 10.9 Å². The number of likely N-dealkylation sites (tertiary alicyclic amines) is 1. The Labute approximate surface area is 136 Å². The average molecular weight is 317 g/mol. The van der Waals surface area contributed by atoms with Gasteiger partial charge in [-0.25, -0.2) is 4.39 Å². The van der Waals surface area contributed by atoms with Crippen molar-refractivity contribution < 1.29 is 9.18 Å². The molecule has 0 aliphatic carbocycles. The number of benzene rings is 1. The molecular weight excluding hydrogens is 293 g/mol. The number of hydrogen-bond donors (Lipinski definition) is 2. The Bertz CT molecular complexity index is 710. The quantitative estimate of drug-likeness (QED) is 0.910. The van der Waals surface area contributed by atoms with Gasteiger partial charge in [0.15, 0.2) is 0 Å². The van der Waals surface area contributed by atoms with Crippen molar-refractivity contribution in [2.24, 2.45) is 5.92 Å². The molecule has 23 heavy (non-hydrogen) atoms. The van der Waals surface area contributed by atoms with Crippen molar-refractivity contribution in [3.8, 4) is 0 Å². The van der Waals surface area contributed by atoms with Gasteiger partial charge in [0.25, 0.3) is 5.91 Å². The number of H-pyrrole nitrogens is 1. The van der Waals surface area contributed by atoms with Gasteiger partial charge in [0.2, 0.25) is 0 Å². The molecule has 1 aliphatic rings. The molecule has 3 rings (SSSR count). The molecule has 1 saturated heterocycles. The number of aromatic amines is 1. The maximum absolute atomic E-state index is 13.3. The molecule has 124 valence electrons. The number of aromatic nitrogens is 1. The Balaban J connectivity index is 1.61. The second-order valence-corrected chi connectivity index (χ2v) is 6.63. The summed E-state index contributed by atoms with van der Waals surface area (Å²) in [6.45, 7) is 4.82. The summed E-state index contributed by atoms with van der Waals surface area (Å²) in [6.07, 6.45) is 3.48. The van der Waals surface area contributed by atoms with Crippen molar-refractivity contribution in [2.75, 3.05) is 26.7 Å². The van der Waals surface area contributed by atoms with Crippen LogP contribution in [0, 0.1) is 18.7 Å². The number of aryl methyl sites for hydroxylation is 1. The van der Waals surface area contributed by atoms with Crippen LogP contribution in [-0.2, 0) is 0 Å². The Hall–Kier alpha value is -1.88. The predicted octanol–water partition coefficient (Wildman–Crippen LogP) is 3.08. The zero-order valence-corrected chi connectivity index (χ0v) is 13.8. The van der Waals surface area contributed by atoms with Gasteiger partial charge in [0, 0.05) is 24.0 Å².